The van der Waals surface area contributed by atoms with Gasteiger partial charge in [-0.25, -0.2) is 18.4 Å². The number of cyclic esters (lactones) is 1. The molecule has 0 bridgehead atoms. The van der Waals surface area contributed by atoms with Crippen molar-refractivity contribution >= 4 is 12.1 Å². The number of likely N-dealkylation sites (tertiary alicyclic amines) is 2. The van der Waals surface area contributed by atoms with Crippen molar-refractivity contribution < 1.29 is 23.1 Å². The third-order valence-electron chi connectivity index (χ3n) is 6.96. The Morgan fingerprint density at radius 1 is 1.21 bits per heavy atom. The molecule has 3 saturated heterocycles. The second-order valence-corrected chi connectivity index (χ2v) is 9.21. The predicted octanol–water partition coefficient (Wildman–Crippen LogP) is 2.31. The number of rotatable bonds is 2. The smallest absolute Gasteiger partial charge is 0.407 e. The van der Waals surface area contributed by atoms with Gasteiger partial charge in [0.15, 0.2) is 0 Å². The summed E-state index contributed by atoms with van der Waals surface area (Å²) in [7, 11) is 0. The predicted molar refractivity (Wildman–Crippen MR) is 98.0 cm³/mol. The third kappa shape index (κ3) is 3.30. The summed E-state index contributed by atoms with van der Waals surface area (Å²) >= 11 is 0. The number of hydrogen-bond acceptors (Lipinski definition) is 4. The van der Waals surface area contributed by atoms with E-state index in [4.69, 9.17) is 4.74 Å². The topological polar surface area (TPSA) is 74.8 Å². The number of alkyl carbamates (subject to hydrolysis) is 1. The summed E-state index contributed by atoms with van der Waals surface area (Å²) in [5.41, 5.74) is 0.123. The Labute approximate surface area is 167 Å². The summed E-state index contributed by atoms with van der Waals surface area (Å²) in [5.74, 6) is -0.870. The first-order chi connectivity index (χ1) is 13.9. The number of halogens is 2. The highest BCUT2D eigenvalue weighted by Gasteiger charge is 2.54. The molecule has 1 aromatic heterocycles. The van der Waals surface area contributed by atoms with E-state index in [1.54, 1.807) is 4.90 Å². The minimum atomic E-state index is -0.649. The number of pyridine rings is 1. The largest absolute Gasteiger partial charge is 0.447 e. The molecule has 5 rings (SSSR count). The van der Waals surface area contributed by atoms with Gasteiger partial charge in [-0.15, -0.1) is 0 Å². The van der Waals surface area contributed by atoms with Crippen molar-refractivity contribution in [3.8, 4) is 0 Å². The Morgan fingerprint density at radius 3 is 2.52 bits per heavy atom. The van der Waals surface area contributed by atoms with E-state index in [1.807, 2.05) is 4.90 Å². The first-order valence-corrected chi connectivity index (χ1v) is 10.1. The van der Waals surface area contributed by atoms with Crippen LogP contribution in [0.2, 0.25) is 0 Å². The Hall–Kier alpha value is -2.45. The van der Waals surface area contributed by atoms with Crippen LogP contribution in [0.1, 0.15) is 31.4 Å². The van der Waals surface area contributed by atoms with Crippen LogP contribution in [0.15, 0.2) is 12.3 Å². The van der Waals surface area contributed by atoms with Crippen molar-refractivity contribution in [2.75, 3.05) is 32.8 Å². The molecule has 7 nitrogen and oxygen atoms in total. The van der Waals surface area contributed by atoms with Crippen LogP contribution in [0.25, 0.3) is 0 Å². The molecule has 9 heteroatoms. The highest BCUT2D eigenvalue weighted by molar-refractivity contribution is 5.78. The van der Waals surface area contributed by atoms with E-state index < -0.39 is 23.3 Å². The maximum Gasteiger partial charge on any atom is 0.407 e. The van der Waals surface area contributed by atoms with Crippen LogP contribution in [0, 0.1) is 23.0 Å². The van der Waals surface area contributed by atoms with Crippen LogP contribution >= 0.6 is 0 Å². The van der Waals surface area contributed by atoms with Gasteiger partial charge in [-0.3, -0.25) is 4.98 Å². The second-order valence-electron chi connectivity index (χ2n) is 9.21. The highest BCUT2D eigenvalue weighted by atomic mass is 19.1. The van der Waals surface area contributed by atoms with Crippen molar-refractivity contribution in [1.29, 1.82) is 0 Å². The molecule has 4 heterocycles. The van der Waals surface area contributed by atoms with Crippen molar-refractivity contribution in [1.82, 2.24) is 20.1 Å². The molecule has 1 aromatic rings. The Bertz CT molecular complexity index is 842. The van der Waals surface area contributed by atoms with E-state index in [0.717, 1.165) is 51.0 Å². The number of aromatic nitrogens is 1. The molecule has 0 aromatic carbocycles. The maximum atomic E-state index is 13.8. The van der Waals surface area contributed by atoms with E-state index in [-0.39, 0.29) is 11.4 Å². The SMILES string of the molecule is O=C1NC2(CO1)CN(C(=O)N1CC3(CCC(Cc4ncc(F)cc4F)CC3)C1)C2. The van der Waals surface area contributed by atoms with Crippen LogP contribution in [0.3, 0.4) is 0 Å². The minimum Gasteiger partial charge on any atom is -0.447 e. The molecule has 1 N–H and O–H groups in total. The van der Waals surface area contributed by atoms with E-state index in [0.29, 0.717) is 37.7 Å². The summed E-state index contributed by atoms with van der Waals surface area (Å²) in [6, 6.07) is 0.924. The average Bonchev–Trinajstić information content (AvgIpc) is 3.03. The molecule has 1 aliphatic carbocycles. The van der Waals surface area contributed by atoms with Gasteiger partial charge >= 0.3 is 12.1 Å². The molecule has 3 aliphatic heterocycles. The zero-order valence-corrected chi connectivity index (χ0v) is 16.1. The fourth-order valence-electron chi connectivity index (χ4n) is 5.26. The first kappa shape index (κ1) is 18.6. The fraction of sp³-hybridized carbons (Fsp3) is 0.650. The fourth-order valence-corrected chi connectivity index (χ4v) is 5.26. The average molecular weight is 406 g/mol. The molecule has 4 fully saturated rings. The maximum absolute atomic E-state index is 13.8. The number of urea groups is 1. The van der Waals surface area contributed by atoms with Gasteiger partial charge in [0.2, 0.25) is 0 Å². The van der Waals surface area contributed by atoms with Gasteiger partial charge in [0.05, 0.1) is 25.0 Å². The Kier molecular flexibility index (Phi) is 4.18. The normalized spacial score (nSPS) is 24.8. The number of nitrogens with zero attached hydrogens (tertiary/aromatic N) is 3. The zero-order valence-electron chi connectivity index (χ0n) is 16.1. The lowest BCUT2D eigenvalue weighted by Gasteiger charge is -2.56. The quantitative estimate of drug-likeness (QED) is 0.818. The number of nitrogens with one attached hydrogen (secondary N) is 1. The molecular weight excluding hydrogens is 382 g/mol. The summed E-state index contributed by atoms with van der Waals surface area (Å²) in [6.45, 7) is 2.84. The standard InChI is InChI=1S/C20H24F2N4O3/c21-14-6-15(22)16(23-7-14)5-13-1-3-19(4-2-13)8-25(9-19)18(28)26-10-20(11-26)12-29-17(27)24-20/h6-7,13H,1-5,8-12H2,(H,24,27). The van der Waals surface area contributed by atoms with Crippen molar-refractivity contribution in [3.05, 3.63) is 29.6 Å². The van der Waals surface area contributed by atoms with Gasteiger partial charge in [-0.1, -0.05) is 0 Å². The molecule has 0 radical (unpaired) electrons. The van der Waals surface area contributed by atoms with Gasteiger partial charge in [0, 0.05) is 24.6 Å². The van der Waals surface area contributed by atoms with E-state index in [9.17, 15) is 18.4 Å². The lowest BCUT2D eigenvalue weighted by Crippen LogP contribution is -2.73. The molecule has 2 spiro atoms. The van der Waals surface area contributed by atoms with Crippen LogP contribution < -0.4 is 5.32 Å². The first-order valence-electron chi connectivity index (χ1n) is 10.1. The van der Waals surface area contributed by atoms with Gasteiger partial charge < -0.3 is 19.9 Å². The Morgan fingerprint density at radius 2 is 1.90 bits per heavy atom. The van der Waals surface area contributed by atoms with E-state index in [1.165, 1.54) is 0 Å². The van der Waals surface area contributed by atoms with Crippen molar-refractivity contribution in [3.63, 3.8) is 0 Å². The molecule has 0 atom stereocenters. The summed E-state index contributed by atoms with van der Waals surface area (Å²) in [6.07, 6.45) is 5.16. The summed E-state index contributed by atoms with van der Waals surface area (Å²) in [4.78, 5) is 31.4. The molecular formula is C20H24F2N4O3. The Balaban J connectivity index is 1.08. The molecule has 156 valence electrons. The summed E-state index contributed by atoms with van der Waals surface area (Å²) < 4.78 is 31.8. The summed E-state index contributed by atoms with van der Waals surface area (Å²) in [5, 5.41) is 2.79. The monoisotopic (exact) mass is 406 g/mol. The zero-order chi connectivity index (χ0) is 20.2. The van der Waals surface area contributed by atoms with Gasteiger partial charge in [-0.05, 0) is 38.0 Å². The van der Waals surface area contributed by atoms with Crippen LogP contribution in [-0.2, 0) is 11.2 Å². The van der Waals surface area contributed by atoms with Crippen LogP contribution in [-0.4, -0.2) is 65.2 Å². The highest BCUT2D eigenvalue weighted by Crippen LogP contribution is 2.47. The molecule has 0 unspecified atom stereocenters. The molecule has 4 aliphatic rings. The molecule has 3 amide bonds. The van der Waals surface area contributed by atoms with Crippen LogP contribution in [0.5, 0.6) is 0 Å². The number of carbonyl (C=O) groups is 2. The van der Waals surface area contributed by atoms with E-state index >= 15 is 0 Å². The van der Waals surface area contributed by atoms with E-state index in [2.05, 4.69) is 10.3 Å². The number of hydrogen-bond donors (Lipinski definition) is 1. The lowest BCUT2D eigenvalue weighted by molar-refractivity contribution is -0.0348. The number of ether oxygens (including phenoxy) is 1. The van der Waals surface area contributed by atoms with Gasteiger partial charge in [0.1, 0.15) is 23.8 Å². The molecule has 29 heavy (non-hydrogen) atoms. The van der Waals surface area contributed by atoms with Crippen molar-refractivity contribution in [2.45, 2.75) is 37.6 Å². The third-order valence-corrected chi connectivity index (χ3v) is 6.96. The molecule has 1 saturated carbocycles. The minimum absolute atomic E-state index is 0.0297. The lowest BCUT2D eigenvalue weighted by atomic mass is 9.65. The second kappa shape index (κ2) is 6.53. The number of carbonyl (C=O) groups excluding carboxylic acids is 2. The van der Waals surface area contributed by atoms with Gasteiger partial charge in [0.25, 0.3) is 0 Å². The number of amides is 3. The van der Waals surface area contributed by atoms with Gasteiger partial charge in [-0.2, -0.15) is 0 Å². The van der Waals surface area contributed by atoms with Crippen molar-refractivity contribution in [2.24, 2.45) is 11.3 Å². The van der Waals surface area contributed by atoms with Crippen LogP contribution in [0.4, 0.5) is 18.4 Å².